The van der Waals surface area contributed by atoms with Crippen LogP contribution in [-0.2, 0) is 28.4 Å². The summed E-state index contributed by atoms with van der Waals surface area (Å²) in [7, 11) is -4.99. The van der Waals surface area contributed by atoms with Gasteiger partial charge in [-0.1, -0.05) is 58.7 Å². The van der Waals surface area contributed by atoms with Crippen molar-refractivity contribution in [2.24, 2.45) is 0 Å². The molecule has 3 aromatic carbocycles. The minimum atomic E-state index is -4.99. The lowest BCUT2D eigenvalue weighted by molar-refractivity contribution is -0.164. The van der Waals surface area contributed by atoms with Gasteiger partial charge < -0.3 is 34.2 Å². The number of halogens is 1. The number of alkyl halides is 1. The quantitative estimate of drug-likeness (QED) is 0.0343. The molecule has 13 heteroatoms. The predicted octanol–water partition coefficient (Wildman–Crippen LogP) is 4.63. The summed E-state index contributed by atoms with van der Waals surface area (Å²) in [5.74, 6) is -3.47. The van der Waals surface area contributed by atoms with Crippen molar-refractivity contribution in [3.8, 4) is 0 Å². The van der Waals surface area contributed by atoms with Crippen molar-refractivity contribution in [3.63, 3.8) is 0 Å². The Morgan fingerprint density at radius 2 is 1.45 bits per heavy atom. The van der Waals surface area contributed by atoms with Crippen molar-refractivity contribution in [1.29, 1.82) is 0 Å². The third-order valence-corrected chi connectivity index (χ3v) is 8.57. The molecule has 3 rings (SSSR count). The maximum Gasteiger partial charge on any atom is 0.356 e. The van der Waals surface area contributed by atoms with E-state index in [0.717, 1.165) is 39.7 Å². The first-order chi connectivity index (χ1) is 21.0. The molecule has 0 spiro atoms. The number of carbonyl (C=O) groups excluding carboxylic acids is 3. The molecule has 0 aliphatic heterocycles. The average Bonchev–Trinajstić information content (AvgIpc) is 2.99. The summed E-state index contributed by atoms with van der Waals surface area (Å²) in [6.45, 7) is -2.05. The van der Waals surface area contributed by atoms with Crippen molar-refractivity contribution >= 4 is 62.8 Å². The van der Waals surface area contributed by atoms with E-state index in [2.05, 4.69) is 22.0 Å². The fourth-order valence-corrected chi connectivity index (χ4v) is 5.76. The molecule has 0 aromatic heterocycles. The second-order valence-electron chi connectivity index (χ2n) is 10.4. The number of carbonyl (C=O) groups is 3. The molecular formula is C31H38BrO11P. The third-order valence-electron chi connectivity index (χ3n) is 6.85. The molecule has 0 aliphatic carbocycles. The van der Waals surface area contributed by atoms with Crippen LogP contribution < -0.4 is 0 Å². The lowest BCUT2D eigenvalue weighted by atomic mass is 9.99. The molecule has 3 aromatic rings. The van der Waals surface area contributed by atoms with E-state index in [-0.39, 0.29) is 31.5 Å². The molecule has 0 bridgehead atoms. The van der Waals surface area contributed by atoms with Gasteiger partial charge >= 0.3 is 19.5 Å². The maximum atomic E-state index is 12.8. The number of aliphatic hydroxyl groups excluding tert-OH is 2. The summed E-state index contributed by atoms with van der Waals surface area (Å²) in [5.41, 5.74) is 0.533. The van der Waals surface area contributed by atoms with E-state index < -0.39 is 57.4 Å². The Labute approximate surface area is 263 Å². The summed E-state index contributed by atoms with van der Waals surface area (Å²) in [5, 5.41) is 23.8. The molecule has 4 N–H and O–H groups in total. The van der Waals surface area contributed by atoms with Gasteiger partial charge in [0, 0.05) is 30.2 Å². The normalized spacial score (nSPS) is 13.8. The first kappa shape index (κ1) is 35.8. The molecule has 2 unspecified atom stereocenters. The van der Waals surface area contributed by atoms with Crippen LogP contribution in [0.4, 0.5) is 0 Å². The second kappa shape index (κ2) is 17.7. The van der Waals surface area contributed by atoms with Crippen molar-refractivity contribution in [2.75, 3.05) is 25.2 Å². The first-order valence-corrected chi connectivity index (χ1v) is 17.1. The molecule has 44 heavy (non-hydrogen) atoms. The summed E-state index contributed by atoms with van der Waals surface area (Å²) < 4.78 is 27.4. The SMILES string of the molecule is O=C(CCCC(=O)c1ccc2cc3ccccc3cc2c1)OC[C@H](COC(C(O)CO)P(=O)(O)O)OC(=O)CCCCCBr. The number of hydrogen-bond acceptors (Lipinski definition) is 9. The molecule has 3 atom stereocenters. The van der Waals surface area contributed by atoms with Crippen LogP contribution in [0.25, 0.3) is 21.5 Å². The Bertz CT molecular complexity index is 1460. The molecule has 0 aliphatic rings. The lowest BCUT2D eigenvalue weighted by Crippen LogP contribution is -2.37. The van der Waals surface area contributed by atoms with E-state index in [4.69, 9.17) is 19.3 Å². The van der Waals surface area contributed by atoms with Gasteiger partial charge in [-0.3, -0.25) is 18.9 Å². The molecular weight excluding hydrogens is 659 g/mol. The molecule has 0 heterocycles. The van der Waals surface area contributed by atoms with Crippen molar-refractivity contribution in [2.45, 2.75) is 63.0 Å². The second-order valence-corrected chi connectivity index (χ2v) is 12.9. The minimum absolute atomic E-state index is 0.0751. The van der Waals surface area contributed by atoms with Crippen LogP contribution in [0.1, 0.15) is 55.3 Å². The van der Waals surface area contributed by atoms with Crippen LogP contribution in [0.15, 0.2) is 54.6 Å². The fourth-order valence-electron chi connectivity index (χ4n) is 4.54. The zero-order chi connectivity index (χ0) is 32.1. The van der Waals surface area contributed by atoms with Gasteiger partial charge in [-0.15, -0.1) is 0 Å². The highest BCUT2D eigenvalue weighted by molar-refractivity contribution is 9.09. The summed E-state index contributed by atoms with van der Waals surface area (Å²) in [6.07, 6.45) is -0.629. The van der Waals surface area contributed by atoms with Gasteiger partial charge in [0.25, 0.3) is 0 Å². The van der Waals surface area contributed by atoms with Crippen molar-refractivity contribution in [1.82, 2.24) is 0 Å². The Morgan fingerprint density at radius 1 is 0.795 bits per heavy atom. The standard InChI is InChI=1S/C31H38BrO11P/c32-14-5-1-2-10-30(37)43-26(20-42-31(28(35)18-33)44(38,39)40)19-41-29(36)11-6-9-27(34)24-13-12-23-15-21-7-3-4-8-22(21)16-25(23)17-24/h3-4,7-8,12-13,15-17,26,28,31,33,35H,1-2,5-6,9-11,14,18-20H2,(H2,38,39,40)/t26-,28?,31?/m1/s1. The Balaban J connectivity index is 1.53. The number of ether oxygens (including phenoxy) is 3. The number of unbranched alkanes of at least 4 members (excludes halogenated alkanes) is 2. The molecule has 0 amide bonds. The van der Waals surface area contributed by atoms with Gasteiger partial charge in [0.05, 0.1) is 13.2 Å². The monoisotopic (exact) mass is 696 g/mol. The Hall–Kier alpha value is -2.70. The Morgan fingerprint density at radius 3 is 2.11 bits per heavy atom. The lowest BCUT2D eigenvalue weighted by Gasteiger charge is -2.25. The maximum absolute atomic E-state index is 12.8. The molecule has 0 radical (unpaired) electrons. The van der Waals surface area contributed by atoms with Crippen LogP contribution in [-0.4, -0.2) is 80.9 Å². The average molecular weight is 698 g/mol. The molecule has 0 saturated heterocycles. The van der Waals surface area contributed by atoms with Gasteiger partial charge in [0.2, 0.25) is 0 Å². The van der Waals surface area contributed by atoms with Crippen LogP contribution in [0.3, 0.4) is 0 Å². The minimum Gasteiger partial charge on any atom is -0.462 e. The number of hydrogen-bond donors (Lipinski definition) is 4. The van der Waals surface area contributed by atoms with E-state index in [1.165, 1.54) is 0 Å². The molecule has 0 saturated carbocycles. The van der Waals surface area contributed by atoms with Gasteiger partial charge in [-0.2, -0.15) is 0 Å². The highest BCUT2D eigenvalue weighted by Gasteiger charge is 2.37. The van der Waals surface area contributed by atoms with Gasteiger partial charge in [0.1, 0.15) is 12.7 Å². The number of ketones is 1. The van der Waals surface area contributed by atoms with Crippen molar-refractivity contribution < 1.29 is 53.2 Å². The van der Waals surface area contributed by atoms with Crippen LogP contribution in [0.2, 0.25) is 0 Å². The summed E-state index contributed by atoms with van der Waals surface area (Å²) in [4.78, 5) is 56.5. The molecule has 11 nitrogen and oxygen atoms in total. The number of benzene rings is 3. The van der Waals surface area contributed by atoms with Gasteiger partial charge in [0.15, 0.2) is 17.7 Å². The number of fused-ring (bicyclic) bond motifs is 2. The van der Waals surface area contributed by atoms with Crippen molar-refractivity contribution in [3.05, 3.63) is 60.2 Å². The number of Topliss-reactive ketones (excluding diaryl/α,β-unsaturated/α-hetero) is 1. The van der Waals surface area contributed by atoms with Gasteiger partial charge in [-0.05, 0) is 59.0 Å². The van der Waals surface area contributed by atoms with Gasteiger partial charge in [-0.25, -0.2) is 0 Å². The van der Waals surface area contributed by atoms with E-state index in [0.29, 0.717) is 12.0 Å². The third kappa shape index (κ3) is 11.3. The van der Waals surface area contributed by atoms with Crippen LogP contribution >= 0.6 is 23.5 Å². The first-order valence-electron chi connectivity index (χ1n) is 14.3. The molecule has 0 fully saturated rings. The van der Waals surface area contributed by atoms with E-state index in [1.54, 1.807) is 6.07 Å². The van der Waals surface area contributed by atoms with E-state index >= 15 is 0 Å². The zero-order valence-corrected chi connectivity index (χ0v) is 26.7. The van der Waals surface area contributed by atoms with Crippen LogP contribution in [0, 0.1) is 0 Å². The Kier molecular flexibility index (Phi) is 14.4. The highest BCUT2D eigenvalue weighted by Crippen LogP contribution is 2.43. The smallest absolute Gasteiger partial charge is 0.356 e. The zero-order valence-electron chi connectivity index (χ0n) is 24.2. The summed E-state index contributed by atoms with van der Waals surface area (Å²) in [6, 6.07) is 17.5. The number of rotatable bonds is 19. The molecule has 240 valence electrons. The summed E-state index contributed by atoms with van der Waals surface area (Å²) >= 11 is 3.31. The highest BCUT2D eigenvalue weighted by atomic mass is 79.9. The predicted molar refractivity (Wildman–Crippen MR) is 168 cm³/mol. The number of aliphatic hydroxyl groups is 2. The van der Waals surface area contributed by atoms with E-state index in [1.807, 2.05) is 42.5 Å². The van der Waals surface area contributed by atoms with Crippen LogP contribution in [0.5, 0.6) is 0 Å². The largest absolute Gasteiger partial charge is 0.462 e. The number of esters is 2. The fraction of sp³-hybridized carbons (Fsp3) is 0.452. The topological polar surface area (TPSA) is 177 Å². The van der Waals surface area contributed by atoms with E-state index in [9.17, 15) is 33.8 Å².